The zero-order valence-electron chi connectivity index (χ0n) is 14.1. The van der Waals surface area contributed by atoms with Crippen molar-refractivity contribution in [3.63, 3.8) is 0 Å². The highest BCUT2D eigenvalue weighted by atomic mass is 32.2. The van der Waals surface area contributed by atoms with Gasteiger partial charge in [0, 0.05) is 50.4 Å². The van der Waals surface area contributed by atoms with E-state index in [0.29, 0.717) is 30.8 Å². The predicted molar refractivity (Wildman–Crippen MR) is 98.8 cm³/mol. The molecular weight excluding hydrogens is 358 g/mol. The van der Waals surface area contributed by atoms with Crippen molar-refractivity contribution in [3.05, 3.63) is 41.4 Å². The average Bonchev–Trinajstić information content (AvgIpc) is 3.14. The van der Waals surface area contributed by atoms with Crippen molar-refractivity contribution < 1.29 is 13.2 Å². The van der Waals surface area contributed by atoms with Crippen LogP contribution in [0.4, 0.5) is 5.13 Å². The van der Waals surface area contributed by atoms with E-state index in [2.05, 4.69) is 9.88 Å². The first kappa shape index (κ1) is 17.9. The molecule has 1 aromatic carbocycles. The molecule has 8 heteroatoms. The molecule has 0 bridgehead atoms. The first-order chi connectivity index (χ1) is 11.9. The fourth-order valence-electron chi connectivity index (χ4n) is 2.86. The fraction of sp³-hybridized carbons (Fsp3) is 0.412. The molecule has 3 rings (SSSR count). The van der Waals surface area contributed by atoms with E-state index in [1.54, 1.807) is 35.7 Å². The summed E-state index contributed by atoms with van der Waals surface area (Å²) < 4.78 is 23.2. The number of aromatic nitrogens is 1. The van der Waals surface area contributed by atoms with Crippen molar-refractivity contribution in [2.24, 2.45) is 0 Å². The molecule has 1 aliphatic rings. The first-order valence-electron chi connectivity index (χ1n) is 8.15. The quantitative estimate of drug-likeness (QED) is 0.793. The van der Waals surface area contributed by atoms with Gasteiger partial charge in [-0.1, -0.05) is 12.1 Å². The van der Waals surface area contributed by atoms with E-state index in [0.717, 1.165) is 23.8 Å². The van der Waals surface area contributed by atoms with Gasteiger partial charge < -0.3 is 9.80 Å². The van der Waals surface area contributed by atoms with Crippen LogP contribution in [0.5, 0.6) is 0 Å². The SMILES string of the molecule is CS(=O)(=O)c1cccc(CCC(=O)N2CCN(c3nccs3)CC2)c1. The van der Waals surface area contributed by atoms with Crippen LogP contribution in [0.25, 0.3) is 0 Å². The van der Waals surface area contributed by atoms with E-state index in [-0.39, 0.29) is 5.91 Å². The second-order valence-corrected chi connectivity index (χ2v) is 8.99. The van der Waals surface area contributed by atoms with Gasteiger partial charge in [-0.15, -0.1) is 11.3 Å². The largest absolute Gasteiger partial charge is 0.345 e. The number of thiazole rings is 1. The molecule has 1 amide bonds. The molecule has 6 nitrogen and oxygen atoms in total. The summed E-state index contributed by atoms with van der Waals surface area (Å²) in [5, 5.41) is 2.96. The van der Waals surface area contributed by atoms with Crippen LogP contribution in [0.15, 0.2) is 40.7 Å². The molecule has 134 valence electrons. The van der Waals surface area contributed by atoms with Crippen molar-refractivity contribution in [2.45, 2.75) is 17.7 Å². The first-order valence-corrected chi connectivity index (χ1v) is 10.9. The molecule has 0 aliphatic carbocycles. The minimum absolute atomic E-state index is 0.114. The molecule has 25 heavy (non-hydrogen) atoms. The smallest absolute Gasteiger partial charge is 0.223 e. The standard InChI is InChI=1S/C17H21N3O3S2/c1-25(22,23)15-4-2-3-14(13-15)5-6-16(21)19-8-10-20(11-9-19)17-18-7-12-24-17/h2-4,7,12-13H,5-6,8-11H2,1H3. The van der Waals surface area contributed by atoms with E-state index >= 15 is 0 Å². The van der Waals surface area contributed by atoms with Gasteiger partial charge in [-0.05, 0) is 24.1 Å². The Labute approximate surface area is 152 Å². The van der Waals surface area contributed by atoms with Crippen molar-refractivity contribution in [1.82, 2.24) is 9.88 Å². The monoisotopic (exact) mass is 379 g/mol. The number of piperazine rings is 1. The third kappa shape index (κ3) is 4.58. The van der Waals surface area contributed by atoms with Gasteiger partial charge in [-0.3, -0.25) is 4.79 Å². The molecule has 0 N–H and O–H groups in total. The number of sulfone groups is 1. The Morgan fingerprint density at radius 1 is 1.24 bits per heavy atom. The van der Waals surface area contributed by atoms with Crippen LogP contribution in [-0.4, -0.2) is 56.6 Å². The molecule has 1 saturated heterocycles. The number of benzene rings is 1. The lowest BCUT2D eigenvalue weighted by Gasteiger charge is -2.34. The topological polar surface area (TPSA) is 70.6 Å². The van der Waals surface area contributed by atoms with Gasteiger partial charge in [-0.25, -0.2) is 13.4 Å². The molecule has 2 heterocycles. The number of aryl methyl sites for hydroxylation is 1. The zero-order chi connectivity index (χ0) is 17.9. The molecule has 1 fully saturated rings. The number of carbonyl (C=O) groups excluding carboxylic acids is 1. The second-order valence-electron chi connectivity index (χ2n) is 6.10. The zero-order valence-corrected chi connectivity index (χ0v) is 15.7. The van der Waals surface area contributed by atoms with Gasteiger partial charge >= 0.3 is 0 Å². The number of nitrogens with zero attached hydrogens (tertiary/aromatic N) is 3. The summed E-state index contributed by atoms with van der Waals surface area (Å²) in [6, 6.07) is 6.83. The minimum atomic E-state index is -3.22. The lowest BCUT2D eigenvalue weighted by Crippen LogP contribution is -2.48. The summed E-state index contributed by atoms with van der Waals surface area (Å²) in [7, 11) is -3.22. The van der Waals surface area contributed by atoms with Gasteiger partial charge in [0.1, 0.15) is 0 Å². The Morgan fingerprint density at radius 2 is 2.00 bits per heavy atom. The summed E-state index contributed by atoms with van der Waals surface area (Å²) in [4.78, 5) is 21.1. The van der Waals surface area contributed by atoms with Crippen LogP contribution in [-0.2, 0) is 21.1 Å². The third-order valence-corrected chi connectivity index (χ3v) is 6.22. The number of hydrogen-bond donors (Lipinski definition) is 0. The average molecular weight is 380 g/mol. The van der Waals surface area contributed by atoms with Crippen LogP contribution in [0.1, 0.15) is 12.0 Å². The number of anilines is 1. The molecular formula is C17H21N3O3S2. The lowest BCUT2D eigenvalue weighted by atomic mass is 10.1. The highest BCUT2D eigenvalue weighted by Gasteiger charge is 2.22. The number of amides is 1. The van der Waals surface area contributed by atoms with Crippen LogP contribution in [0, 0.1) is 0 Å². The Hall–Kier alpha value is -1.93. The molecule has 1 aliphatic heterocycles. The maximum atomic E-state index is 12.4. The molecule has 0 radical (unpaired) electrons. The molecule has 2 aromatic rings. The summed E-state index contributed by atoms with van der Waals surface area (Å²) in [5.74, 6) is 0.114. The number of rotatable bonds is 5. The van der Waals surface area contributed by atoms with Gasteiger partial charge in [0.25, 0.3) is 0 Å². The second kappa shape index (κ2) is 7.53. The number of hydrogen-bond acceptors (Lipinski definition) is 6. The van der Waals surface area contributed by atoms with Gasteiger partial charge in [0.15, 0.2) is 15.0 Å². The molecule has 0 unspecified atom stereocenters. The Kier molecular flexibility index (Phi) is 5.39. The van der Waals surface area contributed by atoms with Crippen LogP contribution < -0.4 is 4.90 Å². The Morgan fingerprint density at radius 3 is 2.64 bits per heavy atom. The molecule has 0 spiro atoms. The van der Waals surface area contributed by atoms with E-state index in [4.69, 9.17) is 0 Å². The van der Waals surface area contributed by atoms with Crippen molar-refractivity contribution in [1.29, 1.82) is 0 Å². The van der Waals surface area contributed by atoms with Crippen LogP contribution in [0.2, 0.25) is 0 Å². The maximum absolute atomic E-state index is 12.4. The van der Waals surface area contributed by atoms with Crippen LogP contribution in [0.3, 0.4) is 0 Å². The van der Waals surface area contributed by atoms with Crippen molar-refractivity contribution >= 4 is 32.2 Å². The molecule has 1 aromatic heterocycles. The van der Waals surface area contributed by atoms with Gasteiger partial charge in [0.05, 0.1) is 4.90 Å². The summed E-state index contributed by atoms with van der Waals surface area (Å²) in [5.41, 5.74) is 0.873. The van der Waals surface area contributed by atoms with Gasteiger partial charge in [-0.2, -0.15) is 0 Å². The van der Waals surface area contributed by atoms with Gasteiger partial charge in [0.2, 0.25) is 5.91 Å². The van der Waals surface area contributed by atoms with Crippen LogP contribution >= 0.6 is 11.3 Å². The minimum Gasteiger partial charge on any atom is -0.345 e. The van der Waals surface area contributed by atoms with Crippen molar-refractivity contribution in [3.8, 4) is 0 Å². The predicted octanol–water partition coefficient (Wildman–Crippen LogP) is 1.83. The molecule has 0 saturated carbocycles. The normalized spacial score (nSPS) is 15.4. The van der Waals surface area contributed by atoms with Crippen molar-refractivity contribution in [2.75, 3.05) is 37.3 Å². The lowest BCUT2D eigenvalue weighted by molar-refractivity contribution is -0.131. The maximum Gasteiger partial charge on any atom is 0.223 e. The summed E-state index contributed by atoms with van der Waals surface area (Å²) >= 11 is 1.61. The summed E-state index contributed by atoms with van der Waals surface area (Å²) in [6.07, 6.45) is 3.93. The summed E-state index contributed by atoms with van der Waals surface area (Å²) in [6.45, 7) is 2.98. The van der Waals surface area contributed by atoms with E-state index in [1.807, 2.05) is 16.3 Å². The molecule has 0 atom stereocenters. The van der Waals surface area contributed by atoms with E-state index in [1.165, 1.54) is 6.26 Å². The number of carbonyl (C=O) groups is 1. The van der Waals surface area contributed by atoms with E-state index < -0.39 is 9.84 Å². The Bertz CT molecular complexity index is 827. The third-order valence-electron chi connectivity index (χ3n) is 4.28. The fourth-order valence-corrected chi connectivity index (χ4v) is 4.25. The Balaban J connectivity index is 1.52. The highest BCUT2D eigenvalue weighted by Crippen LogP contribution is 2.19. The highest BCUT2D eigenvalue weighted by molar-refractivity contribution is 7.90. The van der Waals surface area contributed by atoms with E-state index in [9.17, 15) is 13.2 Å².